The Bertz CT molecular complexity index is 418. The van der Waals surface area contributed by atoms with Crippen molar-refractivity contribution in [2.24, 2.45) is 0 Å². The fourth-order valence-electron chi connectivity index (χ4n) is 1.65. The van der Waals surface area contributed by atoms with Gasteiger partial charge in [0.2, 0.25) is 0 Å². The lowest BCUT2D eigenvalue weighted by Gasteiger charge is -2.10. The van der Waals surface area contributed by atoms with Crippen LogP contribution in [0.5, 0.6) is 0 Å². The zero-order chi connectivity index (χ0) is 12.8. The maximum absolute atomic E-state index is 11.8. The fourth-order valence-corrected chi connectivity index (χ4v) is 1.92. The van der Waals surface area contributed by atoms with E-state index in [0.717, 1.165) is 21.2 Å². The molecule has 0 radical (unpaired) electrons. The van der Waals surface area contributed by atoms with E-state index in [0.29, 0.717) is 13.0 Å². The SMILES string of the molecule is CCOC(=O)C(CC)=C(C)c1ccc(Br)cc1. The Kier molecular flexibility index (Phi) is 5.42. The second-order valence-electron chi connectivity index (χ2n) is 3.68. The maximum Gasteiger partial charge on any atom is 0.334 e. The zero-order valence-electron chi connectivity index (χ0n) is 10.4. The molecule has 0 N–H and O–H groups in total. The van der Waals surface area contributed by atoms with Crippen LogP contribution in [0.3, 0.4) is 0 Å². The lowest BCUT2D eigenvalue weighted by molar-refractivity contribution is -0.138. The summed E-state index contributed by atoms with van der Waals surface area (Å²) in [7, 11) is 0. The van der Waals surface area contributed by atoms with Gasteiger partial charge in [-0.05, 0) is 43.5 Å². The highest BCUT2D eigenvalue weighted by Crippen LogP contribution is 2.23. The number of rotatable bonds is 4. The van der Waals surface area contributed by atoms with Crippen molar-refractivity contribution < 1.29 is 9.53 Å². The first kappa shape index (κ1) is 14.0. The van der Waals surface area contributed by atoms with Gasteiger partial charge in [0.1, 0.15) is 0 Å². The molecule has 3 heteroatoms. The number of carbonyl (C=O) groups is 1. The van der Waals surface area contributed by atoms with Gasteiger partial charge in [-0.1, -0.05) is 35.0 Å². The molecule has 0 saturated heterocycles. The van der Waals surface area contributed by atoms with Crippen molar-refractivity contribution in [2.75, 3.05) is 6.61 Å². The van der Waals surface area contributed by atoms with Crippen LogP contribution >= 0.6 is 15.9 Å². The molecule has 0 aliphatic rings. The van der Waals surface area contributed by atoms with Crippen LogP contribution in [0, 0.1) is 0 Å². The minimum absolute atomic E-state index is 0.213. The maximum atomic E-state index is 11.8. The van der Waals surface area contributed by atoms with Crippen LogP contribution in [0.25, 0.3) is 5.57 Å². The van der Waals surface area contributed by atoms with Crippen LogP contribution in [-0.4, -0.2) is 12.6 Å². The predicted molar refractivity (Wildman–Crippen MR) is 73.7 cm³/mol. The molecule has 0 bridgehead atoms. The summed E-state index contributed by atoms with van der Waals surface area (Å²) < 4.78 is 6.09. The van der Waals surface area contributed by atoms with Crippen LogP contribution in [-0.2, 0) is 9.53 Å². The molecule has 17 heavy (non-hydrogen) atoms. The summed E-state index contributed by atoms with van der Waals surface area (Å²) in [5.41, 5.74) is 2.78. The van der Waals surface area contributed by atoms with E-state index in [1.807, 2.05) is 45.0 Å². The number of benzene rings is 1. The molecule has 0 fully saturated rings. The highest BCUT2D eigenvalue weighted by Gasteiger charge is 2.12. The lowest BCUT2D eigenvalue weighted by atomic mass is 10.00. The van der Waals surface area contributed by atoms with E-state index in [4.69, 9.17) is 4.74 Å². The Labute approximate surface area is 111 Å². The van der Waals surface area contributed by atoms with Crippen molar-refractivity contribution in [3.05, 3.63) is 39.9 Å². The molecule has 0 aromatic heterocycles. The third kappa shape index (κ3) is 3.70. The van der Waals surface area contributed by atoms with E-state index in [1.54, 1.807) is 0 Å². The second kappa shape index (κ2) is 6.60. The van der Waals surface area contributed by atoms with Gasteiger partial charge < -0.3 is 4.74 Å². The van der Waals surface area contributed by atoms with Gasteiger partial charge in [0.15, 0.2) is 0 Å². The number of halogens is 1. The molecule has 0 spiro atoms. The molecular formula is C14H17BrO2. The van der Waals surface area contributed by atoms with Crippen LogP contribution in [0.1, 0.15) is 32.8 Å². The molecule has 0 amide bonds. The van der Waals surface area contributed by atoms with Crippen molar-refractivity contribution >= 4 is 27.5 Å². The van der Waals surface area contributed by atoms with Crippen molar-refractivity contribution in [2.45, 2.75) is 27.2 Å². The normalized spacial score (nSPS) is 12.0. The summed E-state index contributed by atoms with van der Waals surface area (Å²) in [5.74, 6) is -0.213. The van der Waals surface area contributed by atoms with Crippen molar-refractivity contribution in [1.29, 1.82) is 0 Å². The third-order valence-electron chi connectivity index (χ3n) is 2.61. The molecule has 0 atom stereocenters. The molecule has 0 saturated carbocycles. The Hall–Kier alpha value is -1.09. The van der Waals surface area contributed by atoms with Gasteiger partial charge >= 0.3 is 5.97 Å². The average molecular weight is 297 g/mol. The number of ether oxygens (including phenoxy) is 1. The molecule has 1 aromatic carbocycles. The van der Waals surface area contributed by atoms with Crippen molar-refractivity contribution in [3.63, 3.8) is 0 Å². The standard InChI is InChI=1S/C14H17BrO2/c1-4-13(14(16)17-5-2)10(3)11-6-8-12(15)9-7-11/h6-9H,4-5H2,1-3H3. The molecule has 2 nitrogen and oxygen atoms in total. The molecule has 0 unspecified atom stereocenters. The Morgan fingerprint density at radius 1 is 1.24 bits per heavy atom. The number of hydrogen-bond acceptors (Lipinski definition) is 2. The van der Waals surface area contributed by atoms with Crippen molar-refractivity contribution in [1.82, 2.24) is 0 Å². The number of carbonyl (C=O) groups excluding carboxylic acids is 1. The van der Waals surface area contributed by atoms with Crippen LogP contribution in [0.2, 0.25) is 0 Å². The van der Waals surface area contributed by atoms with Crippen molar-refractivity contribution in [3.8, 4) is 0 Å². The van der Waals surface area contributed by atoms with Crippen LogP contribution in [0.15, 0.2) is 34.3 Å². The van der Waals surface area contributed by atoms with E-state index < -0.39 is 0 Å². The van der Waals surface area contributed by atoms with Gasteiger partial charge in [0.25, 0.3) is 0 Å². The summed E-state index contributed by atoms with van der Waals surface area (Å²) in [4.78, 5) is 11.8. The minimum Gasteiger partial charge on any atom is -0.463 e. The Balaban J connectivity index is 3.07. The van der Waals surface area contributed by atoms with E-state index in [9.17, 15) is 4.79 Å². The first-order chi connectivity index (χ1) is 8.10. The van der Waals surface area contributed by atoms with Gasteiger partial charge in [0.05, 0.1) is 6.61 Å². The van der Waals surface area contributed by atoms with Gasteiger partial charge in [0, 0.05) is 10.0 Å². The molecule has 1 aromatic rings. The second-order valence-corrected chi connectivity index (χ2v) is 4.60. The number of esters is 1. The van der Waals surface area contributed by atoms with Crippen LogP contribution in [0.4, 0.5) is 0 Å². The van der Waals surface area contributed by atoms with Gasteiger partial charge in [-0.15, -0.1) is 0 Å². The fraction of sp³-hybridized carbons (Fsp3) is 0.357. The highest BCUT2D eigenvalue weighted by atomic mass is 79.9. The summed E-state index contributed by atoms with van der Waals surface area (Å²) in [6.45, 7) is 6.16. The summed E-state index contributed by atoms with van der Waals surface area (Å²) in [6.07, 6.45) is 0.681. The summed E-state index contributed by atoms with van der Waals surface area (Å²) >= 11 is 3.39. The summed E-state index contributed by atoms with van der Waals surface area (Å²) in [6, 6.07) is 7.93. The number of hydrogen-bond donors (Lipinski definition) is 0. The zero-order valence-corrected chi connectivity index (χ0v) is 12.0. The molecule has 0 heterocycles. The monoisotopic (exact) mass is 296 g/mol. The average Bonchev–Trinajstić information content (AvgIpc) is 2.31. The Morgan fingerprint density at radius 3 is 2.29 bits per heavy atom. The van der Waals surface area contributed by atoms with Gasteiger partial charge in [-0.3, -0.25) is 0 Å². The van der Waals surface area contributed by atoms with Gasteiger partial charge in [-0.2, -0.15) is 0 Å². The molecular weight excluding hydrogens is 280 g/mol. The van der Waals surface area contributed by atoms with Gasteiger partial charge in [-0.25, -0.2) is 4.79 Å². The predicted octanol–water partition coefficient (Wildman–Crippen LogP) is 4.20. The van der Waals surface area contributed by atoms with E-state index in [2.05, 4.69) is 15.9 Å². The van der Waals surface area contributed by atoms with E-state index >= 15 is 0 Å². The summed E-state index contributed by atoms with van der Waals surface area (Å²) in [5, 5.41) is 0. The quantitative estimate of drug-likeness (QED) is 0.615. The topological polar surface area (TPSA) is 26.3 Å². The Morgan fingerprint density at radius 2 is 1.82 bits per heavy atom. The smallest absolute Gasteiger partial charge is 0.334 e. The molecule has 1 rings (SSSR count). The third-order valence-corrected chi connectivity index (χ3v) is 3.13. The minimum atomic E-state index is -0.213. The first-order valence-electron chi connectivity index (χ1n) is 5.73. The molecule has 0 aliphatic carbocycles. The lowest BCUT2D eigenvalue weighted by Crippen LogP contribution is -2.08. The number of allylic oxidation sites excluding steroid dienone is 1. The van der Waals surface area contributed by atoms with E-state index in [1.165, 1.54) is 0 Å². The first-order valence-corrected chi connectivity index (χ1v) is 6.52. The van der Waals surface area contributed by atoms with E-state index in [-0.39, 0.29) is 5.97 Å². The highest BCUT2D eigenvalue weighted by molar-refractivity contribution is 9.10. The molecule has 92 valence electrons. The largest absolute Gasteiger partial charge is 0.463 e. The van der Waals surface area contributed by atoms with Crippen LogP contribution < -0.4 is 0 Å². The molecule has 0 aliphatic heterocycles.